The summed E-state index contributed by atoms with van der Waals surface area (Å²) < 4.78 is 54.1. The fraction of sp³-hybridized carbons (Fsp3) is 0.0161. The van der Waals surface area contributed by atoms with E-state index in [2.05, 4.69) is 400 Å². The van der Waals surface area contributed by atoms with E-state index in [0.717, 1.165) is 139 Å². The molecule has 0 bridgehead atoms. The van der Waals surface area contributed by atoms with Gasteiger partial charge in [0.25, 0.3) is 0 Å². The number of nitrogens with zero attached hydrogens (tertiary/aromatic N) is 4. The molecule has 0 unspecified atom stereocenters. The van der Waals surface area contributed by atoms with Gasteiger partial charge in [-0.3, -0.25) is 0 Å². The van der Waals surface area contributed by atoms with E-state index in [1.165, 1.54) is 108 Å². The molecule has 0 spiro atoms. The van der Waals surface area contributed by atoms with Gasteiger partial charge in [-0.2, -0.15) is 0 Å². The molecule has 9 heteroatoms. The molecule has 0 aliphatic carbocycles. The SMILES string of the molecule is C(=C\c1ccc(N(c2ccccc2)c2ccccc2)cc1)/c1ccc(-c2ccc(/C=C/c3ccc(N(c4ccccc4)c4ccccc4)cc3)cc2)cc1.Cc1ccc(-c2ccc3ccc4c(-c5ccc(C)cc5)cc(-c5nc6cc(F)ccc6o5)c5ccc2c3c45)cc1.Fc1ccc(-c2ccc3ccc4c(-c5ccc(F)cc5)cc(-c5nc6ccccc6o5)c5ccc2c3c45)cc1. The minimum absolute atomic E-state index is 0.261. The van der Waals surface area contributed by atoms with Gasteiger partial charge < -0.3 is 18.6 Å². The molecule has 0 atom stereocenters. The third-order valence-corrected chi connectivity index (χ3v) is 25.2. The van der Waals surface area contributed by atoms with Crippen LogP contribution in [0.2, 0.25) is 0 Å². The number of fused-ring (bicyclic) bond motifs is 2. The summed E-state index contributed by atoms with van der Waals surface area (Å²) in [6.07, 6.45) is 8.69. The summed E-state index contributed by atoms with van der Waals surface area (Å²) in [5.74, 6) is 0.163. The van der Waals surface area contributed by atoms with Crippen molar-refractivity contribution in [2.45, 2.75) is 13.8 Å². The lowest BCUT2D eigenvalue weighted by Gasteiger charge is -2.25. The summed E-state index contributed by atoms with van der Waals surface area (Å²) in [6, 6.07) is 150. The first-order chi connectivity index (χ1) is 65.4. The summed E-state index contributed by atoms with van der Waals surface area (Å²) in [6.45, 7) is 4.21. The van der Waals surface area contributed by atoms with Crippen LogP contribution in [0.1, 0.15) is 33.4 Å². The number of aryl methyl sites for hydroxylation is 2. The van der Waals surface area contributed by atoms with Crippen LogP contribution in [0.3, 0.4) is 0 Å². The second-order valence-corrected chi connectivity index (χ2v) is 33.6. The Balaban J connectivity index is 0.000000118. The molecule has 22 aromatic carbocycles. The topological polar surface area (TPSA) is 58.5 Å². The van der Waals surface area contributed by atoms with Gasteiger partial charge in [0.2, 0.25) is 11.8 Å². The van der Waals surface area contributed by atoms with Crippen molar-refractivity contribution in [2.75, 3.05) is 9.80 Å². The number of oxazole rings is 2. The van der Waals surface area contributed by atoms with Crippen molar-refractivity contribution in [1.29, 1.82) is 0 Å². The van der Waals surface area contributed by atoms with Gasteiger partial charge in [-0.1, -0.05) is 339 Å². The Kier molecular flexibility index (Phi) is 21.7. The number of anilines is 6. The maximum atomic E-state index is 14.0. The van der Waals surface area contributed by atoms with E-state index in [0.29, 0.717) is 22.9 Å². The first kappa shape index (κ1) is 81.5. The van der Waals surface area contributed by atoms with E-state index < -0.39 is 0 Å². The maximum Gasteiger partial charge on any atom is 0.227 e. The molecule has 6 nitrogen and oxygen atoms in total. The number of rotatable bonds is 17. The molecule has 0 fully saturated rings. The van der Waals surface area contributed by atoms with Gasteiger partial charge in [0.1, 0.15) is 28.5 Å². The van der Waals surface area contributed by atoms with Gasteiger partial charge in [0.15, 0.2) is 11.2 Å². The van der Waals surface area contributed by atoms with E-state index >= 15 is 0 Å². The second-order valence-electron chi connectivity index (χ2n) is 33.6. The van der Waals surface area contributed by atoms with E-state index in [1.807, 2.05) is 36.4 Å². The van der Waals surface area contributed by atoms with E-state index in [9.17, 15) is 13.2 Å². The molecular formula is C124H83F3N4O2. The number of halogens is 3. The molecule has 24 aromatic rings. The zero-order valence-corrected chi connectivity index (χ0v) is 72.7. The van der Waals surface area contributed by atoms with Crippen molar-refractivity contribution >= 4 is 145 Å². The van der Waals surface area contributed by atoms with Crippen LogP contribution in [0.15, 0.2) is 452 Å². The summed E-state index contributed by atoms with van der Waals surface area (Å²) in [7, 11) is 0. The van der Waals surface area contributed by atoms with Crippen LogP contribution in [-0.4, -0.2) is 9.97 Å². The second kappa shape index (κ2) is 35.4. The molecule has 24 rings (SSSR count). The molecular weight excluding hydrogens is 1630 g/mol. The third kappa shape index (κ3) is 16.3. The lowest BCUT2D eigenvalue weighted by Crippen LogP contribution is -2.09. The van der Waals surface area contributed by atoms with Crippen LogP contribution in [-0.2, 0) is 0 Å². The quantitative estimate of drug-likeness (QED) is 0.0669. The minimum Gasteiger partial charge on any atom is -0.436 e. The Hall–Kier alpha value is -17.3. The molecule has 2 heterocycles. The van der Waals surface area contributed by atoms with Crippen molar-refractivity contribution in [3.63, 3.8) is 0 Å². The summed E-state index contributed by atoms with van der Waals surface area (Å²) in [4.78, 5) is 14.1. The average molecular weight is 1720 g/mol. The number of hydrogen-bond donors (Lipinski definition) is 0. The van der Waals surface area contributed by atoms with Crippen molar-refractivity contribution in [3.8, 4) is 78.5 Å². The zero-order chi connectivity index (χ0) is 89.4. The molecule has 133 heavy (non-hydrogen) atoms. The highest BCUT2D eigenvalue weighted by Gasteiger charge is 2.25. The normalized spacial score (nSPS) is 11.6. The summed E-state index contributed by atoms with van der Waals surface area (Å²) in [5, 5.41) is 13.5. The van der Waals surface area contributed by atoms with Gasteiger partial charge in [0.05, 0.1) is 0 Å². The first-order valence-electron chi connectivity index (χ1n) is 44.6. The minimum atomic E-state index is -0.327. The molecule has 0 saturated carbocycles. The number of para-hydroxylation sites is 6. The van der Waals surface area contributed by atoms with Gasteiger partial charge in [-0.15, -0.1) is 0 Å². The standard InChI is InChI=1S/C52H40N2.C37H24FNO.C35H19F2NO/c1-5-13-47(14-6-1)53(48-15-7-2-8-16-48)51-37-29-43(30-38-51)23-21-41-25-33-45(34-26-41)46-35-27-42(28-36-46)22-24-44-31-39-52(40-32-44)54(49-17-9-3-10-18-49)50-19-11-4-12-20-50;1-21-3-7-23(8-4-21)27-14-11-25-12-15-29-31(24-9-5-22(2)6-10-24)20-32(30-17-16-28(27)35(25)36(29)30)37-39-33-19-26(38)13-18-34(33)40-37;36-23-11-5-20(6-12-23)25-15-9-22-10-16-27-29(21-7-13-24(37)14-8-21)19-30(28-18-17-26(25)33(22)34(27)28)35-38-31-3-1-2-4-32(31)39-35/h1-40H;3-20H,1-2H3;1-19H/b23-21+,24-22+;;. The molecule has 0 aliphatic heterocycles. The zero-order valence-electron chi connectivity index (χ0n) is 72.7. The molecule has 2 aromatic heterocycles. The van der Waals surface area contributed by atoms with Gasteiger partial charge in [-0.25, -0.2) is 23.1 Å². The molecule has 0 radical (unpaired) electrons. The largest absolute Gasteiger partial charge is 0.436 e. The molecule has 0 aliphatic rings. The highest BCUT2D eigenvalue weighted by molar-refractivity contribution is 6.31. The lowest BCUT2D eigenvalue weighted by atomic mass is 9.85. The Morgan fingerprint density at radius 1 is 0.218 bits per heavy atom. The predicted octanol–water partition coefficient (Wildman–Crippen LogP) is 35.1. The van der Waals surface area contributed by atoms with Gasteiger partial charge in [0, 0.05) is 51.3 Å². The Morgan fingerprint density at radius 2 is 0.504 bits per heavy atom. The van der Waals surface area contributed by atoms with Crippen LogP contribution in [0, 0.1) is 31.3 Å². The smallest absolute Gasteiger partial charge is 0.227 e. The summed E-state index contributed by atoms with van der Waals surface area (Å²) >= 11 is 0. The lowest BCUT2D eigenvalue weighted by molar-refractivity contribution is 0.614. The van der Waals surface area contributed by atoms with Crippen LogP contribution >= 0.6 is 0 Å². The highest BCUT2D eigenvalue weighted by Crippen LogP contribution is 2.50. The fourth-order valence-corrected chi connectivity index (χ4v) is 18.5. The average Bonchev–Trinajstić information content (AvgIpc) is 1.46. The summed E-state index contributed by atoms with van der Waals surface area (Å²) in [5.41, 5.74) is 29.2. The van der Waals surface area contributed by atoms with Gasteiger partial charge in [-0.05, 0) is 290 Å². The van der Waals surface area contributed by atoms with Crippen LogP contribution < -0.4 is 9.80 Å². The molecule has 0 saturated heterocycles. The van der Waals surface area contributed by atoms with Gasteiger partial charge >= 0.3 is 0 Å². The number of aromatic nitrogens is 2. The van der Waals surface area contributed by atoms with E-state index in [4.69, 9.17) is 18.8 Å². The highest BCUT2D eigenvalue weighted by atomic mass is 19.1. The Bertz CT molecular complexity index is 8110. The molecule has 0 amide bonds. The number of hydrogen-bond acceptors (Lipinski definition) is 6. The van der Waals surface area contributed by atoms with Crippen molar-refractivity contribution in [2.24, 2.45) is 0 Å². The molecule has 0 N–H and O–H groups in total. The van der Waals surface area contributed by atoms with Crippen LogP contribution in [0.25, 0.3) is 190 Å². The van der Waals surface area contributed by atoms with E-state index in [-0.39, 0.29) is 17.5 Å². The number of benzene rings is 22. The van der Waals surface area contributed by atoms with E-state index in [1.54, 1.807) is 18.2 Å². The Labute approximate surface area is 768 Å². The van der Waals surface area contributed by atoms with Crippen LogP contribution in [0.5, 0.6) is 0 Å². The maximum absolute atomic E-state index is 14.0. The van der Waals surface area contributed by atoms with Crippen molar-refractivity contribution in [1.82, 2.24) is 9.97 Å². The Morgan fingerprint density at radius 3 is 0.887 bits per heavy atom. The molecule has 632 valence electrons. The monoisotopic (exact) mass is 1720 g/mol. The fourth-order valence-electron chi connectivity index (χ4n) is 18.5. The van der Waals surface area contributed by atoms with Crippen molar-refractivity contribution in [3.05, 3.63) is 494 Å². The van der Waals surface area contributed by atoms with Crippen molar-refractivity contribution < 1.29 is 22.0 Å². The van der Waals surface area contributed by atoms with Crippen LogP contribution in [0.4, 0.5) is 47.3 Å². The third-order valence-electron chi connectivity index (χ3n) is 25.2. The first-order valence-corrected chi connectivity index (χ1v) is 44.6. The predicted molar refractivity (Wildman–Crippen MR) is 549 cm³/mol.